The van der Waals surface area contributed by atoms with Gasteiger partial charge in [-0.25, -0.2) is 4.98 Å². The Balaban J connectivity index is 2.09. The number of anilines is 1. The van der Waals surface area contributed by atoms with Crippen LogP contribution in [0.1, 0.15) is 25.5 Å². The predicted octanol–water partition coefficient (Wildman–Crippen LogP) is 2.76. The largest absolute Gasteiger partial charge is 0.434 e. The van der Waals surface area contributed by atoms with Crippen LogP contribution in [0.5, 0.6) is 0 Å². The Kier molecular flexibility index (Phi) is 3.82. The maximum Gasteiger partial charge on any atom is 0.434 e. The summed E-state index contributed by atoms with van der Waals surface area (Å²) in [7, 11) is 0. The van der Waals surface area contributed by atoms with Gasteiger partial charge in [-0.15, -0.1) is 11.3 Å². The topological polar surface area (TPSA) is 36.4 Å². The summed E-state index contributed by atoms with van der Waals surface area (Å²) >= 11 is 1.01. The van der Waals surface area contributed by atoms with Crippen molar-refractivity contribution in [2.24, 2.45) is 5.92 Å². The SMILES string of the molecule is CC(O)C1CCCN(c2nc(C(F)(F)F)cs2)C1. The molecule has 1 aliphatic heterocycles. The number of rotatable bonds is 2. The van der Waals surface area contributed by atoms with Gasteiger partial charge in [0, 0.05) is 24.4 Å². The zero-order chi connectivity index (χ0) is 13.3. The van der Waals surface area contributed by atoms with E-state index in [2.05, 4.69) is 4.98 Å². The Morgan fingerprint density at radius 3 is 2.83 bits per heavy atom. The first kappa shape index (κ1) is 13.6. The molecule has 7 heteroatoms. The van der Waals surface area contributed by atoms with Crippen molar-refractivity contribution in [2.75, 3.05) is 18.0 Å². The van der Waals surface area contributed by atoms with Crippen molar-refractivity contribution >= 4 is 16.5 Å². The number of nitrogens with zero attached hydrogens (tertiary/aromatic N) is 2. The second-order valence-electron chi connectivity index (χ2n) is 4.60. The van der Waals surface area contributed by atoms with Gasteiger partial charge in [-0.05, 0) is 19.8 Å². The van der Waals surface area contributed by atoms with E-state index in [1.54, 1.807) is 6.92 Å². The fourth-order valence-corrected chi connectivity index (χ4v) is 2.99. The van der Waals surface area contributed by atoms with E-state index in [0.717, 1.165) is 29.6 Å². The normalized spacial score (nSPS) is 23.2. The van der Waals surface area contributed by atoms with E-state index in [1.807, 2.05) is 4.90 Å². The van der Waals surface area contributed by atoms with E-state index in [-0.39, 0.29) is 5.92 Å². The average molecular weight is 280 g/mol. The molecule has 18 heavy (non-hydrogen) atoms. The van der Waals surface area contributed by atoms with Crippen molar-refractivity contribution in [2.45, 2.75) is 32.0 Å². The second-order valence-corrected chi connectivity index (χ2v) is 5.44. The van der Waals surface area contributed by atoms with Gasteiger partial charge in [0.15, 0.2) is 10.8 Å². The molecule has 1 aliphatic rings. The number of halogens is 3. The molecule has 2 heterocycles. The molecular weight excluding hydrogens is 265 g/mol. The number of hydrogen-bond acceptors (Lipinski definition) is 4. The summed E-state index contributed by atoms with van der Waals surface area (Å²) in [5.74, 6) is 0.108. The van der Waals surface area contributed by atoms with Gasteiger partial charge < -0.3 is 10.0 Å². The summed E-state index contributed by atoms with van der Waals surface area (Å²) < 4.78 is 37.4. The van der Waals surface area contributed by atoms with Crippen LogP contribution in [0.2, 0.25) is 0 Å². The van der Waals surface area contributed by atoms with Gasteiger partial charge in [0.2, 0.25) is 0 Å². The Bertz CT molecular complexity index is 405. The van der Waals surface area contributed by atoms with Gasteiger partial charge in [-0.3, -0.25) is 0 Å². The van der Waals surface area contributed by atoms with Crippen molar-refractivity contribution in [3.63, 3.8) is 0 Å². The lowest BCUT2D eigenvalue weighted by atomic mass is 9.94. The molecule has 1 aromatic rings. The molecule has 0 aliphatic carbocycles. The zero-order valence-corrected chi connectivity index (χ0v) is 10.8. The first-order valence-electron chi connectivity index (χ1n) is 5.83. The van der Waals surface area contributed by atoms with Crippen LogP contribution in [0.4, 0.5) is 18.3 Å². The number of aliphatic hydroxyl groups is 1. The summed E-state index contributed by atoms with van der Waals surface area (Å²) in [6.45, 7) is 2.99. The first-order chi connectivity index (χ1) is 8.38. The highest BCUT2D eigenvalue weighted by Crippen LogP contribution is 2.34. The molecule has 0 bridgehead atoms. The highest BCUT2D eigenvalue weighted by Gasteiger charge is 2.35. The Morgan fingerprint density at radius 1 is 1.56 bits per heavy atom. The van der Waals surface area contributed by atoms with E-state index in [4.69, 9.17) is 0 Å². The highest BCUT2D eigenvalue weighted by molar-refractivity contribution is 7.13. The zero-order valence-electron chi connectivity index (χ0n) is 9.94. The fraction of sp³-hybridized carbons (Fsp3) is 0.727. The Hall–Kier alpha value is -0.820. The molecule has 102 valence electrons. The van der Waals surface area contributed by atoms with Crippen molar-refractivity contribution < 1.29 is 18.3 Å². The van der Waals surface area contributed by atoms with Gasteiger partial charge in [0.25, 0.3) is 0 Å². The number of alkyl halides is 3. The van der Waals surface area contributed by atoms with Gasteiger partial charge in [0.1, 0.15) is 0 Å². The van der Waals surface area contributed by atoms with Crippen LogP contribution >= 0.6 is 11.3 Å². The molecule has 2 atom stereocenters. The summed E-state index contributed by atoms with van der Waals surface area (Å²) in [5, 5.41) is 11.0. The fourth-order valence-electron chi connectivity index (χ4n) is 2.12. The molecule has 3 nitrogen and oxygen atoms in total. The summed E-state index contributed by atoms with van der Waals surface area (Å²) in [5.41, 5.74) is -0.832. The maximum atomic E-state index is 12.5. The smallest absolute Gasteiger partial charge is 0.393 e. The van der Waals surface area contributed by atoms with Gasteiger partial charge in [-0.2, -0.15) is 13.2 Å². The van der Waals surface area contributed by atoms with Crippen molar-refractivity contribution in [1.82, 2.24) is 4.98 Å². The van der Waals surface area contributed by atoms with Crippen LogP contribution in [-0.4, -0.2) is 29.3 Å². The molecule has 0 radical (unpaired) electrons. The van der Waals surface area contributed by atoms with Crippen LogP contribution < -0.4 is 4.90 Å². The number of piperidine rings is 1. The highest BCUT2D eigenvalue weighted by atomic mass is 32.1. The third kappa shape index (κ3) is 2.95. The van der Waals surface area contributed by atoms with E-state index in [9.17, 15) is 18.3 Å². The molecule has 2 rings (SSSR count). The van der Waals surface area contributed by atoms with Crippen LogP contribution in [0.15, 0.2) is 5.38 Å². The molecule has 1 N–H and O–H groups in total. The van der Waals surface area contributed by atoms with Gasteiger partial charge in [0.05, 0.1) is 6.10 Å². The predicted molar refractivity (Wildman–Crippen MR) is 63.7 cm³/mol. The lowest BCUT2D eigenvalue weighted by Crippen LogP contribution is -2.39. The van der Waals surface area contributed by atoms with Crippen molar-refractivity contribution in [3.05, 3.63) is 11.1 Å². The number of aliphatic hydroxyl groups excluding tert-OH is 1. The number of thiazole rings is 1. The number of hydrogen-bond donors (Lipinski definition) is 1. The minimum Gasteiger partial charge on any atom is -0.393 e. The maximum absolute atomic E-state index is 12.5. The molecule has 1 saturated heterocycles. The molecule has 0 spiro atoms. The van der Waals surface area contributed by atoms with E-state index < -0.39 is 18.0 Å². The van der Waals surface area contributed by atoms with Crippen LogP contribution in [0, 0.1) is 5.92 Å². The lowest BCUT2D eigenvalue weighted by molar-refractivity contribution is -0.140. The quantitative estimate of drug-likeness (QED) is 0.905. The molecule has 2 unspecified atom stereocenters. The minimum atomic E-state index is -4.38. The van der Waals surface area contributed by atoms with Crippen molar-refractivity contribution in [3.8, 4) is 0 Å². The van der Waals surface area contributed by atoms with Gasteiger partial charge in [-0.1, -0.05) is 0 Å². The Labute approximate surface area is 107 Å². The standard InChI is InChI=1S/C11H15F3N2OS/c1-7(17)8-3-2-4-16(5-8)10-15-9(6-18-10)11(12,13)14/h6-8,17H,2-5H2,1H3. The van der Waals surface area contributed by atoms with Crippen LogP contribution in [0.3, 0.4) is 0 Å². The lowest BCUT2D eigenvalue weighted by Gasteiger charge is -2.33. The van der Waals surface area contributed by atoms with Gasteiger partial charge >= 0.3 is 6.18 Å². The molecule has 1 fully saturated rings. The summed E-state index contributed by atoms with van der Waals surface area (Å²) in [6.07, 6.45) is -3.04. The van der Waals surface area contributed by atoms with E-state index in [0.29, 0.717) is 18.2 Å². The second kappa shape index (κ2) is 5.05. The third-order valence-electron chi connectivity index (χ3n) is 3.19. The third-order valence-corrected chi connectivity index (χ3v) is 4.09. The molecule has 0 aromatic carbocycles. The summed E-state index contributed by atoms with van der Waals surface area (Å²) in [6, 6.07) is 0. The molecule has 0 amide bonds. The monoisotopic (exact) mass is 280 g/mol. The summed E-state index contributed by atoms with van der Waals surface area (Å²) in [4.78, 5) is 5.47. The van der Waals surface area contributed by atoms with Crippen LogP contribution in [-0.2, 0) is 6.18 Å². The minimum absolute atomic E-state index is 0.108. The van der Waals surface area contributed by atoms with Crippen molar-refractivity contribution in [1.29, 1.82) is 0 Å². The molecular formula is C11H15F3N2OS. The average Bonchev–Trinajstić information content (AvgIpc) is 2.78. The number of aromatic nitrogens is 1. The first-order valence-corrected chi connectivity index (χ1v) is 6.71. The van der Waals surface area contributed by atoms with E-state index >= 15 is 0 Å². The molecule has 1 aromatic heterocycles. The van der Waals surface area contributed by atoms with Crippen LogP contribution in [0.25, 0.3) is 0 Å². The molecule has 0 saturated carbocycles. The van der Waals surface area contributed by atoms with E-state index in [1.165, 1.54) is 0 Å². The Morgan fingerprint density at radius 2 is 2.28 bits per heavy atom.